The number of phenols is 1. The van der Waals surface area contributed by atoms with Gasteiger partial charge in [-0.25, -0.2) is 15.0 Å². The summed E-state index contributed by atoms with van der Waals surface area (Å²) >= 11 is 0.779. The normalized spacial score (nSPS) is 23.8. The van der Waals surface area contributed by atoms with E-state index in [2.05, 4.69) is 78.4 Å². The smallest absolute Gasteiger partial charge is 0.323 e. The number of furan rings is 1. The highest BCUT2D eigenvalue weighted by atomic mass is 32.2. The second-order valence-corrected chi connectivity index (χ2v) is 39.3. The van der Waals surface area contributed by atoms with Gasteiger partial charge in [0.05, 0.1) is 30.2 Å². The lowest BCUT2D eigenvalue weighted by atomic mass is 9.99. The summed E-state index contributed by atoms with van der Waals surface area (Å²) in [6, 6.07) is 0.589. The zero-order valence-electron chi connectivity index (χ0n) is 83.9. The topological polar surface area (TPSA) is 667 Å². The quantitative estimate of drug-likeness (QED) is 0.0307. The largest absolute Gasteiger partial charge is 0.508 e. The van der Waals surface area contributed by atoms with Gasteiger partial charge in [0, 0.05) is 113 Å². The van der Waals surface area contributed by atoms with E-state index in [0.29, 0.717) is 75.1 Å². The van der Waals surface area contributed by atoms with Crippen LogP contribution in [0.25, 0.3) is 44.0 Å². The van der Waals surface area contributed by atoms with E-state index >= 15 is 52.7 Å². The zero-order chi connectivity index (χ0) is 107. The van der Waals surface area contributed by atoms with Crippen molar-refractivity contribution in [3.63, 3.8) is 0 Å². The van der Waals surface area contributed by atoms with E-state index in [1.54, 1.807) is 94.6 Å². The average Bonchev–Trinajstić information content (AvgIpc) is 1.63. The van der Waals surface area contributed by atoms with E-state index in [0.717, 1.165) is 36.3 Å². The van der Waals surface area contributed by atoms with Crippen LogP contribution in [-0.4, -0.2) is 327 Å². The molecule has 21 N–H and O–H groups in total. The van der Waals surface area contributed by atoms with Crippen LogP contribution in [0.1, 0.15) is 149 Å². The Labute approximate surface area is 852 Å². The minimum absolute atomic E-state index is 0.00617. The number of hydrogen-bond donors (Lipinski definition) is 18. The SMILES string of the molecule is CCCC[C@H]1C(=O)N(C)[C@@H](CCCC)C(=O)N[C@@H](CC(C)C)C(=O)N[C@H](C(=O)NCC(N)=O)CSCC(=O)N[C@@H](Cc2ccc(O)cc2)C(=O)N(C)[C@@H](C)C(=O)N[C@@H](CC(N)=O)C(=O)N2CCC[C@H]2C(=O)N[C@@H](CNc2ncnc3c2oc2ncccc23)C(=O)N[C@@H](CC(C)C)C(=O)N2C[C@H](O)C[C@H]2C(=O)N[C@@H](Cc2c[nH]c3ccccc23)C(=O)N[C@@H](CCN)C(=O)N[C@@H](Cc2cn(CC(=O)O)c3ccccc23)C(=O)N1C. The van der Waals surface area contributed by atoms with Crippen molar-refractivity contribution in [2.75, 3.05) is 70.7 Å². The second-order valence-electron chi connectivity index (χ2n) is 38.3. The molecule has 792 valence electrons. The molecule has 0 radical (unpaired) electrons. The van der Waals surface area contributed by atoms with Gasteiger partial charge in [0.2, 0.25) is 106 Å². The number of likely N-dealkylation sites (N-methyl/N-ethyl adjacent to an activating group) is 3. The number of aliphatic hydroxyl groups is 1. The number of hydrogen-bond acceptors (Lipinski definition) is 27. The standard InChI is InChI=1S/C100H134N24O22S/c1-11-13-25-75-92(138)112-66(37-53(3)4)89(135)118-73(87(133)107-46-80(103)128)50-147-51-81(129)110-69(39-56-29-31-59(125)32-30-56)96(141)119(8)55(7)86(132)114-71(43-79(102)127)98(143)123-36-20-28-76(123)93(139)117-72(45-106-85-84-83(108-52-109-85)63-23-19-35-104-95(63)146-84)91(137)115-68(38-54(5)6)99(144)124-48-60(126)42-78(124)94(140)113-67(40-57-44-105-64-24-17-15-21-61(57)64)90(136)111-65(33-34-101)88(134)116-70(97(142)121(10)77(26-14-12-2)100(145)120(75)9)41-58-47-122(49-82(130)131)74-27-18-16-22-62(58)74/h15-19,21-24,27,29-32,35,44,47,52-55,60,65-73,75-78,105,125-126H,11-14,20,25-26,28,33-34,36-43,45-46,48-51,101H2,1-10H3,(H2,102,127)(H2,103,128)(H,107,133)(H,110,129)(H,111,136)(H,112,138)(H,113,140)(H,114,132)(H,115,137)(H,116,134)(H,117,139)(H,118,135)(H,130,131)(H,106,108,109)/t55-,60+,65-,66-,67-,68-,69-,70-,71-,72-,73-,75-,76-,77-,78-/m0/s1. The lowest BCUT2D eigenvalue weighted by molar-refractivity contribution is -0.149. The summed E-state index contributed by atoms with van der Waals surface area (Å²) in [5.74, 6) is -19.2. The summed E-state index contributed by atoms with van der Waals surface area (Å²) in [6.45, 7) is 9.17. The van der Waals surface area contributed by atoms with Crippen molar-refractivity contribution in [1.82, 2.24) is 102 Å². The number of nitrogens with zero attached hydrogens (tertiary/aromatic N) is 9. The Kier molecular flexibility index (Phi) is 40.0. The molecule has 15 atom stereocenters. The Morgan fingerprint density at radius 2 is 1.16 bits per heavy atom. The third kappa shape index (κ3) is 29.5. The first-order valence-electron chi connectivity index (χ1n) is 49.3. The first-order valence-corrected chi connectivity index (χ1v) is 50.5. The molecular formula is C100H134N24O22S. The van der Waals surface area contributed by atoms with Gasteiger partial charge in [-0.2, -0.15) is 0 Å². The number of aromatic nitrogens is 5. The van der Waals surface area contributed by atoms with Gasteiger partial charge < -0.3 is 129 Å². The summed E-state index contributed by atoms with van der Waals surface area (Å²) in [5, 5.41) is 63.8. The van der Waals surface area contributed by atoms with E-state index in [-0.39, 0.29) is 106 Å². The number of fused-ring (bicyclic) bond motifs is 7. The number of rotatable bonds is 28. The maximum absolute atomic E-state index is 16.1. The van der Waals surface area contributed by atoms with Crippen molar-refractivity contribution in [3.05, 3.63) is 127 Å². The predicted molar refractivity (Wildman–Crippen MR) is 541 cm³/mol. The number of aliphatic carboxylic acids is 1. The number of para-hydroxylation sites is 2. The number of aromatic hydroxyl groups is 1. The molecular weight excluding hydrogens is 1920 g/mol. The molecule has 8 heterocycles. The van der Waals surface area contributed by atoms with Gasteiger partial charge in [-0.3, -0.25) is 86.3 Å². The van der Waals surface area contributed by atoms with E-state index in [1.165, 1.54) is 75.6 Å². The van der Waals surface area contributed by atoms with Crippen LogP contribution in [0.4, 0.5) is 5.82 Å². The number of aliphatic hydroxyl groups excluding tert-OH is 1. The molecule has 3 saturated heterocycles. The number of nitrogens with two attached hydrogens (primary N) is 3. The molecule has 46 nitrogen and oxygen atoms in total. The van der Waals surface area contributed by atoms with E-state index in [1.807, 2.05) is 13.8 Å². The number of anilines is 1. The Morgan fingerprint density at radius 1 is 0.571 bits per heavy atom. The number of nitrogens with one attached hydrogen (secondary N) is 12. The van der Waals surface area contributed by atoms with Gasteiger partial charge in [-0.15, -0.1) is 11.8 Å². The van der Waals surface area contributed by atoms with Crippen molar-refractivity contribution in [3.8, 4) is 5.75 Å². The van der Waals surface area contributed by atoms with Crippen molar-refractivity contribution < 1.29 is 106 Å². The van der Waals surface area contributed by atoms with Gasteiger partial charge in [0.15, 0.2) is 11.4 Å². The van der Waals surface area contributed by atoms with E-state index in [4.69, 9.17) is 21.6 Å². The van der Waals surface area contributed by atoms with Crippen molar-refractivity contribution in [2.24, 2.45) is 29.0 Å². The number of phenolic OH excluding ortho intramolecular Hbond substituents is 1. The molecule has 11 rings (SSSR count). The monoisotopic (exact) mass is 2050 g/mol. The molecule has 0 unspecified atom stereocenters. The van der Waals surface area contributed by atoms with Crippen LogP contribution in [0.2, 0.25) is 0 Å². The Morgan fingerprint density at radius 3 is 1.84 bits per heavy atom. The highest BCUT2D eigenvalue weighted by Crippen LogP contribution is 2.32. The molecule has 3 aromatic carbocycles. The fourth-order valence-corrected chi connectivity index (χ4v) is 19.4. The van der Waals surface area contributed by atoms with Gasteiger partial charge >= 0.3 is 5.97 Å². The third-order valence-electron chi connectivity index (χ3n) is 26.3. The fraction of sp³-hybridized carbons (Fsp3) is 0.510. The Hall–Kier alpha value is -14.9. The number of thioether (sulfide) groups is 1. The molecule has 0 spiro atoms. The van der Waals surface area contributed by atoms with Crippen LogP contribution in [0, 0.1) is 11.8 Å². The second kappa shape index (κ2) is 52.2. The maximum Gasteiger partial charge on any atom is 0.323 e. The van der Waals surface area contributed by atoms with Crippen molar-refractivity contribution in [2.45, 2.75) is 248 Å². The number of carbonyl (C=O) groups is 18. The minimum atomic E-state index is -1.82. The molecule has 47 heteroatoms. The average molecular weight is 2060 g/mol. The minimum Gasteiger partial charge on any atom is -0.508 e. The lowest BCUT2D eigenvalue weighted by Gasteiger charge is -2.36. The van der Waals surface area contributed by atoms with Gasteiger partial charge in [0.25, 0.3) is 0 Å². The number of carboxylic acids is 1. The van der Waals surface area contributed by atoms with Gasteiger partial charge in [0.1, 0.15) is 109 Å². The van der Waals surface area contributed by atoms with Crippen LogP contribution in [-0.2, 0) is 112 Å². The van der Waals surface area contributed by atoms with Gasteiger partial charge in [-0.1, -0.05) is 116 Å². The van der Waals surface area contributed by atoms with Crippen LogP contribution in [0.5, 0.6) is 5.75 Å². The number of unbranched alkanes of at least 4 members (excludes halogenated alkanes) is 2. The Bertz CT molecular complexity index is 6130. The van der Waals surface area contributed by atoms with Crippen molar-refractivity contribution in [1.29, 1.82) is 0 Å². The summed E-state index contributed by atoms with van der Waals surface area (Å²) in [4.78, 5) is 288. The zero-order valence-corrected chi connectivity index (χ0v) is 84.8. The number of benzene rings is 3. The van der Waals surface area contributed by atoms with Crippen LogP contribution in [0.15, 0.2) is 114 Å². The van der Waals surface area contributed by atoms with Crippen LogP contribution in [0.3, 0.4) is 0 Å². The van der Waals surface area contributed by atoms with Crippen LogP contribution < -0.4 is 75.7 Å². The molecule has 3 aliphatic heterocycles. The number of carboxylic acid groups (broad SMARTS) is 1. The first kappa shape index (κ1) is 112. The number of amides is 17. The molecule has 8 aromatic rings. The maximum atomic E-state index is 16.1. The molecule has 0 aliphatic carbocycles. The molecule has 5 aromatic heterocycles. The molecule has 17 amide bonds. The number of H-pyrrole nitrogens is 1. The number of pyridine rings is 1. The van der Waals surface area contributed by atoms with E-state index < -0.39 is 254 Å². The van der Waals surface area contributed by atoms with E-state index in [9.17, 15) is 48.9 Å². The summed E-state index contributed by atoms with van der Waals surface area (Å²) < 4.78 is 7.54. The highest BCUT2D eigenvalue weighted by molar-refractivity contribution is 8.00. The third-order valence-corrected chi connectivity index (χ3v) is 27.4. The number of aromatic amines is 1. The molecule has 0 saturated carbocycles. The number of carbonyl (C=O) groups excluding carboxylic acids is 17. The van der Waals surface area contributed by atoms with Crippen LogP contribution >= 0.6 is 11.8 Å². The van der Waals surface area contributed by atoms with Gasteiger partial charge in [-0.05, 0) is 123 Å². The first-order chi connectivity index (χ1) is 70.1. The Balaban J connectivity index is 0.982. The summed E-state index contributed by atoms with van der Waals surface area (Å²) in [6.07, 6.45) is 3.24. The highest BCUT2D eigenvalue weighted by Gasteiger charge is 2.47. The predicted octanol–water partition coefficient (Wildman–Crippen LogP) is -0.000800. The fourth-order valence-electron chi connectivity index (χ4n) is 18.5. The summed E-state index contributed by atoms with van der Waals surface area (Å²) in [7, 11) is 3.91. The molecule has 3 aliphatic rings. The molecule has 0 bridgehead atoms. The molecule has 3 fully saturated rings. The molecule has 147 heavy (non-hydrogen) atoms. The lowest BCUT2D eigenvalue weighted by Crippen LogP contribution is -2.61. The number of primary amides is 2. The van der Waals surface area contributed by atoms with Crippen molar-refractivity contribution >= 4 is 168 Å². The summed E-state index contributed by atoms with van der Waals surface area (Å²) in [5.41, 5.74) is 20.4.